The van der Waals surface area contributed by atoms with E-state index in [9.17, 15) is 8.42 Å². The van der Waals surface area contributed by atoms with Crippen molar-refractivity contribution in [1.82, 2.24) is 4.72 Å². The predicted octanol–water partition coefficient (Wildman–Crippen LogP) is 2.04. The summed E-state index contributed by atoms with van der Waals surface area (Å²) in [6.07, 6.45) is 1.52. The van der Waals surface area contributed by atoms with Crippen LogP contribution in [0.25, 0.3) is 0 Å². The Morgan fingerprint density at radius 3 is 2.22 bits per heavy atom. The van der Waals surface area contributed by atoms with Crippen molar-refractivity contribution < 1.29 is 13.5 Å². The van der Waals surface area contributed by atoms with Crippen molar-refractivity contribution in [2.45, 2.75) is 38.4 Å². The van der Waals surface area contributed by atoms with Crippen LogP contribution in [0.5, 0.6) is 5.75 Å². The van der Waals surface area contributed by atoms with E-state index in [1.165, 1.54) is 0 Å². The quantitative estimate of drug-likeness (QED) is 0.805. The number of phenols is 1. The molecule has 0 bridgehead atoms. The van der Waals surface area contributed by atoms with Gasteiger partial charge in [-0.05, 0) is 51.3 Å². The van der Waals surface area contributed by atoms with Crippen LogP contribution in [-0.2, 0) is 16.4 Å². The molecular formula is C13H21NO3S. The summed E-state index contributed by atoms with van der Waals surface area (Å²) in [4.78, 5) is 0. The third-order valence-corrected chi connectivity index (χ3v) is 4.87. The monoisotopic (exact) mass is 271 g/mol. The molecule has 0 heterocycles. The van der Waals surface area contributed by atoms with Gasteiger partial charge in [0.1, 0.15) is 5.75 Å². The molecule has 0 amide bonds. The number of phenolic OH excluding ortho intramolecular Hbond substituents is 1. The van der Waals surface area contributed by atoms with Crippen LogP contribution < -0.4 is 4.72 Å². The molecule has 1 aromatic carbocycles. The molecule has 0 spiro atoms. The summed E-state index contributed by atoms with van der Waals surface area (Å²) in [7, 11) is -3.25. The first kappa shape index (κ1) is 15.0. The van der Waals surface area contributed by atoms with Crippen LogP contribution >= 0.6 is 0 Å². The zero-order valence-corrected chi connectivity index (χ0v) is 11.9. The maximum absolute atomic E-state index is 11.8. The van der Waals surface area contributed by atoms with E-state index >= 15 is 0 Å². The van der Waals surface area contributed by atoms with Gasteiger partial charge in [0.15, 0.2) is 0 Å². The standard InChI is InChI=1S/C13H21NO3S/c1-13(2,3)18(16,17)14-10-4-5-11-6-8-12(15)9-7-11/h6-9,14-15H,4-5,10H2,1-3H3. The lowest BCUT2D eigenvalue weighted by Gasteiger charge is -2.19. The van der Waals surface area contributed by atoms with Gasteiger partial charge in [-0.15, -0.1) is 0 Å². The van der Waals surface area contributed by atoms with Gasteiger partial charge in [0.05, 0.1) is 4.75 Å². The van der Waals surface area contributed by atoms with Crippen LogP contribution in [-0.4, -0.2) is 24.8 Å². The maximum atomic E-state index is 11.8. The smallest absolute Gasteiger partial charge is 0.216 e. The number of rotatable bonds is 5. The fourth-order valence-electron chi connectivity index (χ4n) is 1.38. The molecule has 0 aliphatic rings. The summed E-state index contributed by atoms with van der Waals surface area (Å²) >= 11 is 0. The van der Waals surface area contributed by atoms with Crippen molar-refractivity contribution in [2.24, 2.45) is 0 Å². The van der Waals surface area contributed by atoms with E-state index in [4.69, 9.17) is 5.11 Å². The van der Waals surface area contributed by atoms with Crippen LogP contribution in [0.2, 0.25) is 0 Å². The normalized spacial score (nSPS) is 12.6. The molecule has 0 radical (unpaired) electrons. The maximum Gasteiger partial charge on any atom is 0.216 e. The van der Waals surface area contributed by atoms with Gasteiger partial charge < -0.3 is 5.11 Å². The highest BCUT2D eigenvalue weighted by Crippen LogP contribution is 2.13. The van der Waals surface area contributed by atoms with Crippen molar-refractivity contribution in [1.29, 1.82) is 0 Å². The van der Waals surface area contributed by atoms with Crippen LogP contribution in [0.1, 0.15) is 32.8 Å². The first-order valence-corrected chi connectivity index (χ1v) is 7.48. The van der Waals surface area contributed by atoms with E-state index in [1.807, 2.05) is 12.1 Å². The molecule has 0 saturated carbocycles. The second kappa shape index (κ2) is 5.71. The number of aromatic hydroxyl groups is 1. The first-order chi connectivity index (χ1) is 8.22. The van der Waals surface area contributed by atoms with Crippen molar-refractivity contribution in [3.63, 3.8) is 0 Å². The minimum Gasteiger partial charge on any atom is -0.508 e. The number of benzene rings is 1. The van der Waals surface area contributed by atoms with Crippen LogP contribution in [0, 0.1) is 0 Å². The highest BCUT2D eigenvalue weighted by Gasteiger charge is 2.27. The SMILES string of the molecule is CC(C)(C)S(=O)(=O)NCCCc1ccc(O)cc1. The number of hydrogen-bond acceptors (Lipinski definition) is 3. The van der Waals surface area contributed by atoms with Crippen molar-refractivity contribution in [3.05, 3.63) is 29.8 Å². The predicted molar refractivity (Wildman–Crippen MR) is 73.1 cm³/mol. The summed E-state index contributed by atoms with van der Waals surface area (Å²) < 4.78 is 25.4. The van der Waals surface area contributed by atoms with Crippen molar-refractivity contribution in [3.8, 4) is 5.75 Å². The Kier molecular flexibility index (Phi) is 4.76. The van der Waals surface area contributed by atoms with Gasteiger partial charge >= 0.3 is 0 Å². The van der Waals surface area contributed by atoms with Gasteiger partial charge in [-0.25, -0.2) is 13.1 Å². The lowest BCUT2D eigenvalue weighted by atomic mass is 10.1. The largest absolute Gasteiger partial charge is 0.508 e. The van der Waals surface area contributed by atoms with E-state index in [0.717, 1.165) is 18.4 Å². The summed E-state index contributed by atoms with van der Waals surface area (Å²) in [5.74, 6) is 0.243. The Labute approximate surface area is 109 Å². The van der Waals surface area contributed by atoms with Gasteiger partial charge in [0, 0.05) is 6.54 Å². The van der Waals surface area contributed by atoms with E-state index in [1.54, 1.807) is 32.9 Å². The van der Waals surface area contributed by atoms with Gasteiger partial charge in [-0.2, -0.15) is 0 Å². The zero-order valence-electron chi connectivity index (χ0n) is 11.1. The second-order valence-electron chi connectivity index (χ2n) is 5.28. The number of sulfonamides is 1. The molecule has 5 heteroatoms. The fraction of sp³-hybridized carbons (Fsp3) is 0.538. The highest BCUT2D eigenvalue weighted by atomic mass is 32.2. The molecule has 1 aromatic rings. The molecule has 0 aromatic heterocycles. The van der Waals surface area contributed by atoms with Gasteiger partial charge in [-0.3, -0.25) is 0 Å². The molecule has 1 rings (SSSR count). The molecule has 102 valence electrons. The Morgan fingerprint density at radius 1 is 1.17 bits per heavy atom. The summed E-state index contributed by atoms with van der Waals surface area (Å²) in [5, 5.41) is 9.13. The minimum atomic E-state index is -3.25. The van der Waals surface area contributed by atoms with Crippen LogP contribution in [0.15, 0.2) is 24.3 Å². The van der Waals surface area contributed by atoms with Crippen molar-refractivity contribution in [2.75, 3.05) is 6.54 Å². The molecule has 0 atom stereocenters. The molecule has 0 aliphatic heterocycles. The number of nitrogens with one attached hydrogen (secondary N) is 1. The van der Waals surface area contributed by atoms with Crippen molar-refractivity contribution >= 4 is 10.0 Å². The van der Waals surface area contributed by atoms with Gasteiger partial charge in [0.2, 0.25) is 10.0 Å². The second-order valence-corrected chi connectivity index (χ2v) is 7.80. The van der Waals surface area contributed by atoms with Crippen LogP contribution in [0.4, 0.5) is 0 Å². The summed E-state index contributed by atoms with van der Waals surface area (Å²) in [6.45, 7) is 5.46. The highest BCUT2D eigenvalue weighted by molar-refractivity contribution is 7.90. The lowest BCUT2D eigenvalue weighted by Crippen LogP contribution is -2.39. The summed E-state index contributed by atoms with van der Waals surface area (Å²) in [6, 6.07) is 6.95. The van der Waals surface area contributed by atoms with E-state index < -0.39 is 14.8 Å². The van der Waals surface area contributed by atoms with E-state index in [-0.39, 0.29) is 5.75 Å². The molecule has 0 aliphatic carbocycles. The topological polar surface area (TPSA) is 66.4 Å². The van der Waals surface area contributed by atoms with Gasteiger partial charge in [-0.1, -0.05) is 12.1 Å². The Morgan fingerprint density at radius 2 is 1.72 bits per heavy atom. The van der Waals surface area contributed by atoms with Crippen LogP contribution in [0.3, 0.4) is 0 Å². The zero-order chi connectivity index (χ0) is 13.8. The molecule has 2 N–H and O–H groups in total. The van der Waals surface area contributed by atoms with Gasteiger partial charge in [0.25, 0.3) is 0 Å². The molecular weight excluding hydrogens is 250 g/mol. The Hall–Kier alpha value is -1.07. The average Bonchev–Trinajstić information content (AvgIpc) is 2.25. The van der Waals surface area contributed by atoms with E-state index in [2.05, 4.69) is 4.72 Å². The van der Waals surface area contributed by atoms with E-state index in [0.29, 0.717) is 6.54 Å². The minimum absolute atomic E-state index is 0.243. The fourth-order valence-corrected chi connectivity index (χ4v) is 2.22. The molecule has 18 heavy (non-hydrogen) atoms. The average molecular weight is 271 g/mol. The Balaban J connectivity index is 2.38. The summed E-state index contributed by atoms with van der Waals surface area (Å²) in [5.41, 5.74) is 1.09. The molecule has 4 nitrogen and oxygen atoms in total. The third kappa shape index (κ3) is 4.31. The first-order valence-electron chi connectivity index (χ1n) is 5.99. The number of aryl methyl sites for hydroxylation is 1. The number of hydrogen-bond donors (Lipinski definition) is 2. The Bertz CT molecular complexity index is 472. The molecule has 0 fully saturated rings. The molecule has 0 unspecified atom stereocenters. The lowest BCUT2D eigenvalue weighted by molar-refractivity contribution is 0.475. The molecule has 0 saturated heterocycles. The third-order valence-electron chi connectivity index (χ3n) is 2.68.